The number of rotatable bonds is 4. The molecule has 1 fully saturated rings. The molecule has 1 saturated carbocycles. The summed E-state index contributed by atoms with van der Waals surface area (Å²) >= 11 is 0. The Labute approximate surface area is 108 Å². The standard InChI is InChI=1S/C14H24O4/c1-7(2)9-5-11(13(15)16)12(14(17)18)6-10(9)8(3)4/h7-12H,5-6H2,1-4H3,(H,15,16)(H,17,18)/p-2. The third-order valence-corrected chi connectivity index (χ3v) is 4.41. The first kappa shape index (κ1) is 15.0. The molecule has 0 radical (unpaired) electrons. The normalized spacial score (nSPS) is 32.8. The van der Waals surface area contributed by atoms with Crippen LogP contribution < -0.4 is 10.2 Å². The topological polar surface area (TPSA) is 80.3 Å². The van der Waals surface area contributed by atoms with Gasteiger partial charge in [0.05, 0.1) is 0 Å². The molecule has 1 aliphatic carbocycles. The van der Waals surface area contributed by atoms with E-state index < -0.39 is 23.8 Å². The average molecular weight is 254 g/mol. The quantitative estimate of drug-likeness (QED) is 0.710. The van der Waals surface area contributed by atoms with Crippen LogP contribution in [0.4, 0.5) is 0 Å². The van der Waals surface area contributed by atoms with Crippen LogP contribution in [0.25, 0.3) is 0 Å². The van der Waals surface area contributed by atoms with Gasteiger partial charge < -0.3 is 19.8 Å². The lowest BCUT2D eigenvalue weighted by Crippen LogP contribution is -2.50. The van der Waals surface area contributed by atoms with Gasteiger partial charge in [0.2, 0.25) is 0 Å². The van der Waals surface area contributed by atoms with Gasteiger partial charge in [-0.15, -0.1) is 0 Å². The number of carboxylic acids is 2. The average Bonchev–Trinajstić information content (AvgIpc) is 2.26. The Hall–Kier alpha value is -1.06. The first-order valence-corrected chi connectivity index (χ1v) is 6.67. The van der Waals surface area contributed by atoms with Crippen molar-refractivity contribution in [2.45, 2.75) is 40.5 Å². The summed E-state index contributed by atoms with van der Waals surface area (Å²) < 4.78 is 0. The molecule has 0 amide bonds. The Kier molecular flexibility index (Phi) is 4.77. The Bertz CT molecular complexity index is 290. The summed E-state index contributed by atoms with van der Waals surface area (Å²) in [5, 5.41) is 22.2. The maximum absolute atomic E-state index is 11.1. The molecule has 4 heteroatoms. The molecule has 104 valence electrons. The number of hydrogen-bond acceptors (Lipinski definition) is 4. The SMILES string of the molecule is CC(C)C1CC(C(=O)[O-])C(C(=O)[O-])CC1C(C)C. The fourth-order valence-electron chi connectivity index (χ4n) is 3.32. The maximum Gasteiger partial charge on any atom is 0.0451 e. The highest BCUT2D eigenvalue weighted by Crippen LogP contribution is 2.44. The highest BCUT2D eigenvalue weighted by molar-refractivity contribution is 5.78. The summed E-state index contributed by atoms with van der Waals surface area (Å²) in [5.41, 5.74) is 0. The van der Waals surface area contributed by atoms with Crippen LogP contribution in [0.1, 0.15) is 40.5 Å². The monoisotopic (exact) mass is 254 g/mol. The summed E-state index contributed by atoms with van der Waals surface area (Å²) in [7, 11) is 0. The van der Waals surface area contributed by atoms with Crippen LogP contribution in [-0.4, -0.2) is 11.9 Å². The lowest BCUT2D eigenvalue weighted by atomic mass is 9.62. The van der Waals surface area contributed by atoms with E-state index in [2.05, 4.69) is 27.7 Å². The molecule has 4 unspecified atom stereocenters. The van der Waals surface area contributed by atoms with Gasteiger partial charge in [0.15, 0.2) is 0 Å². The van der Waals surface area contributed by atoms with Crippen molar-refractivity contribution in [2.24, 2.45) is 35.5 Å². The van der Waals surface area contributed by atoms with E-state index in [1.807, 2.05) is 0 Å². The van der Waals surface area contributed by atoms with Crippen molar-refractivity contribution in [3.63, 3.8) is 0 Å². The van der Waals surface area contributed by atoms with E-state index >= 15 is 0 Å². The molecule has 4 atom stereocenters. The molecule has 4 nitrogen and oxygen atoms in total. The van der Waals surface area contributed by atoms with Gasteiger partial charge in [-0.1, -0.05) is 27.7 Å². The van der Waals surface area contributed by atoms with Crippen LogP contribution >= 0.6 is 0 Å². The molecule has 0 bridgehead atoms. The molecule has 0 saturated heterocycles. The maximum atomic E-state index is 11.1. The number of hydrogen-bond donors (Lipinski definition) is 0. The van der Waals surface area contributed by atoms with Gasteiger partial charge in [-0.3, -0.25) is 0 Å². The zero-order valence-electron chi connectivity index (χ0n) is 11.5. The molecule has 0 aromatic rings. The second kappa shape index (κ2) is 5.72. The highest BCUT2D eigenvalue weighted by atomic mass is 16.4. The smallest absolute Gasteiger partial charge is 0.0451 e. The predicted molar refractivity (Wildman–Crippen MR) is 62.9 cm³/mol. The zero-order valence-corrected chi connectivity index (χ0v) is 11.5. The van der Waals surface area contributed by atoms with Crippen LogP contribution in [0.3, 0.4) is 0 Å². The van der Waals surface area contributed by atoms with Crippen molar-refractivity contribution in [3.8, 4) is 0 Å². The van der Waals surface area contributed by atoms with Crippen molar-refractivity contribution < 1.29 is 19.8 Å². The highest BCUT2D eigenvalue weighted by Gasteiger charge is 2.40. The van der Waals surface area contributed by atoms with E-state index in [0.29, 0.717) is 24.7 Å². The van der Waals surface area contributed by atoms with Gasteiger partial charge >= 0.3 is 0 Å². The minimum Gasteiger partial charge on any atom is -0.550 e. The number of carbonyl (C=O) groups is 2. The van der Waals surface area contributed by atoms with Gasteiger partial charge in [0, 0.05) is 23.8 Å². The van der Waals surface area contributed by atoms with Crippen molar-refractivity contribution in [1.82, 2.24) is 0 Å². The Morgan fingerprint density at radius 2 is 1.11 bits per heavy atom. The minimum atomic E-state index is -1.25. The van der Waals surface area contributed by atoms with E-state index in [4.69, 9.17) is 0 Å². The second-order valence-electron chi connectivity index (χ2n) is 6.14. The first-order valence-electron chi connectivity index (χ1n) is 6.67. The zero-order chi connectivity index (χ0) is 14.0. The lowest BCUT2D eigenvalue weighted by molar-refractivity contribution is -0.330. The van der Waals surface area contributed by atoms with E-state index in [-0.39, 0.29) is 11.8 Å². The van der Waals surface area contributed by atoms with Gasteiger partial charge in [-0.05, 0) is 36.5 Å². The summed E-state index contributed by atoms with van der Waals surface area (Å²) in [6.07, 6.45) is 0.781. The molecule has 0 aromatic heterocycles. The predicted octanol–water partition coefficient (Wildman–Crippen LogP) is 0.0568. The third-order valence-electron chi connectivity index (χ3n) is 4.41. The van der Waals surface area contributed by atoms with Gasteiger partial charge in [-0.25, -0.2) is 0 Å². The first-order chi connectivity index (χ1) is 8.25. The molecular weight excluding hydrogens is 232 g/mol. The van der Waals surface area contributed by atoms with Crippen LogP contribution in [0.15, 0.2) is 0 Å². The van der Waals surface area contributed by atoms with Crippen molar-refractivity contribution >= 4 is 11.9 Å². The van der Waals surface area contributed by atoms with E-state index in [0.717, 1.165) is 0 Å². The van der Waals surface area contributed by atoms with Crippen molar-refractivity contribution in [2.75, 3.05) is 0 Å². The second-order valence-corrected chi connectivity index (χ2v) is 6.14. The van der Waals surface area contributed by atoms with Gasteiger partial charge in [-0.2, -0.15) is 0 Å². The van der Waals surface area contributed by atoms with E-state index in [9.17, 15) is 19.8 Å². The summed E-state index contributed by atoms with van der Waals surface area (Å²) in [4.78, 5) is 22.2. The number of carboxylic acid groups (broad SMARTS) is 2. The summed E-state index contributed by atoms with van der Waals surface area (Å²) in [6, 6.07) is 0. The fraction of sp³-hybridized carbons (Fsp3) is 0.857. The van der Waals surface area contributed by atoms with E-state index in [1.165, 1.54) is 0 Å². The minimum absolute atomic E-state index is 0.239. The molecule has 0 heterocycles. The lowest BCUT2D eigenvalue weighted by Gasteiger charge is -2.45. The molecule has 1 aliphatic rings. The van der Waals surface area contributed by atoms with Crippen molar-refractivity contribution in [1.29, 1.82) is 0 Å². The number of carbonyl (C=O) groups excluding carboxylic acids is 2. The Morgan fingerprint density at radius 1 is 0.833 bits per heavy atom. The Morgan fingerprint density at radius 3 is 1.28 bits per heavy atom. The largest absolute Gasteiger partial charge is 0.550 e. The molecule has 0 spiro atoms. The summed E-state index contributed by atoms with van der Waals surface area (Å²) in [5.74, 6) is -3.14. The van der Waals surface area contributed by atoms with Crippen molar-refractivity contribution in [3.05, 3.63) is 0 Å². The third kappa shape index (κ3) is 3.03. The fourth-order valence-corrected chi connectivity index (χ4v) is 3.32. The van der Waals surface area contributed by atoms with Gasteiger partial charge in [0.1, 0.15) is 0 Å². The Balaban J connectivity index is 2.99. The molecule has 1 rings (SSSR count). The van der Waals surface area contributed by atoms with Gasteiger partial charge in [0.25, 0.3) is 0 Å². The number of aliphatic carboxylic acids is 2. The van der Waals surface area contributed by atoms with E-state index in [1.54, 1.807) is 0 Å². The molecule has 0 aromatic carbocycles. The molecule has 0 N–H and O–H groups in total. The van der Waals surface area contributed by atoms with Crippen LogP contribution in [0, 0.1) is 35.5 Å². The van der Waals surface area contributed by atoms with Crippen LogP contribution in [0.5, 0.6) is 0 Å². The molecule has 18 heavy (non-hydrogen) atoms. The van der Waals surface area contributed by atoms with Crippen LogP contribution in [-0.2, 0) is 9.59 Å². The molecule has 0 aliphatic heterocycles. The molecular formula is C14H22O4-2. The summed E-state index contributed by atoms with van der Waals surface area (Å²) in [6.45, 7) is 8.24. The van der Waals surface area contributed by atoms with Crippen LogP contribution in [0.2, 0.25) is 0 Å².